The second-order valence-electron chi connectivity index (χ2n) is 5.01. The molecule has 0 aliphatic carbocycles. The summed E-state index contributed by atoms with van der Waals surface area (Å²) in [5.41, 5.74) is 0. The van der Waals surface area contributed by atoms with Crippen LogP contribution in [0.3, 0.4) is 0 Å². The smallest absolute Gasteiger partial charge is 0.305 e. The highest BCUT2D eigenvalue weighted by Crippen LogP contribution is 2.21. The first kappa shape index (κ1) is 15.3. The summed E-state index contributed by atoms with van der Waals surface area (Å²) in [5, 5.41) is 8.88. The fourth-order valence-corrected chi connectivity index (χ4v) is 3.43. The average Bonchev–Trinajstić information content (AvgIpc) is 2.28. The van der Waals surface area contributed by atoms with Crippen molar-refractivity contribution in [2.45, 2.75) is 45.6 Å². The van der Waals surface area contributed by atoms with Crippen molar-refractivity contribution < 1.29 is 14.7 Å². The van der Waals surface area contributed by atoms with E-state index in [1.54, 1.807) is 16.7 Å². The van der Waals surface area contributed by atoms with Crippen LogP contribution in [0.5, 0.6) is 0 Å². The summed E-state index contributed by atoms with van der Waals surface area (Å²) in [6.07, 6.45) is 2.76. The number of carboxylic acid groups (broad SMARTS) is 1. The van der Waals surface area contributed by atoms with Gasteiger partial charge in [-0.05, 0) is 5.92 Å². The Morgan fingerprint density at radius 1 is 1.50 bits per heavy atom. The Morgan fingerprint density at radius 3 is 2.83 bits per heavy atom. The molecule has 1 amide bonds. The topological polar surface area (TPSA) is 57.6 Å². The lowest BCUT2D eigenvalue weighted by molar-refractivity contribution is -0.140. The van der Waals surface area contributed by atoms with Gasteiger partial charge in [-0.3, -0.25) is 9.59 Å². The summed E-state index contributed by atoms with van der Waals surface area (Å²) >= 11 is 1.74. The molecule has 104 valence electrons. The summed E-state index contributed by atoms with van der Waals surface area (Å²) in [6, 6.07) is -0.123. The first-order valence-corrected chi connectivity index (χ1v) is 7.79. The van der Waals surface area contributed by atoms with Crippen molar-refractivity contribution in [1.29, 1.82) is 0 Å². The molecule has 1 fully saturated rings. The van der Waals surface area contributed by atoms with Crippen LogP contribution in [0.2, 0.25) is 0 Å². The molecule has 4 nitrogen and oxygen atoms in total. The largest absolute Gasteiger partial charge is 0.481 e. The molecule has 2 unspecified atom stereocenters. The molecule has 1 heterocycles. The molecule has 0 bridgehead atoms. The van der Waals surface area contributed by atoms with E-state index in [1.807, 2.05) is 0 Å². The lowest BCUT2D eigenvalue weighted by Crippen LogP contribution is -2.47. The van der Waals surface area contributed by atoms with E-state index in [1.165, 1.54) is 0 Å². The van der Waals surface area contributed by atoms with Gasteiger partial charge in [-0.1, -0.05) is 26.7 Å². The van der Waals surface area contributed by atoms with Crippen molar-refractivity contribution in [2.75, 3.05) is 18.1 Å². The molecule has 1 N–H and O–H groups in total. The summed E-state index contributed by atoms with van der Waals surface area (Å²) in [6.45, 7) is 4.90. The molecule has 0 radical (unpaired) electrons. The highest BCUT2D eigenvalue weighted by molar-refractivity contribution is 7.99. The van der Waals surface area contributed by atoms with Crippen LogP contribution in [0, 0.1) is 5.92 Å². The fourth-order valence-electron chi connectivity index (χ4n) is 2.36. The van der Waals surface area contributed by atoms with Crippen LogP contribution >= 0.6 is 11.8 Å². The van der Waals surface area contributed by atoms with Crippen LogP contribution in [-0.2, 0) is 9.59 Å². The summed E-state index contributed by atoms with van der Waals surface area (Å²) < 4.78 is 0. The Morgan fingerprint density at radius 2 is 2.22 bits per heavy atom. The SMILES string of the molecule is CCCC(C)CC(=O)N1CCSCC1CC(=O)O. The summed E-state index contributed by atoms with van der Waals surface area (Å²) in [5.74, 6) is 1.37. The van der Waals surface area contributed by atoms with E-state index in [0.29, 0.717) is 18.9 Å². The number of carboxylic acids is 1. The molecule has 18 heavy (non-hydrogen) atoms. The van der Waals surface area contributed by atoms with Crippen LogP contribution in [0.4, 0.5) is 0 Å². The minimum Gasteiger partial charge on any atom is -0.481 e. The van der Waals surface area contributed by atoms with E-state index in [4.69, 9.17) is 5.11 Å². The fraction of sp³-hybridized carbons (Fsp3) is 0.846. The van der Waals surface area contributed by atoms with Crippen molar-refractivity contribution in [3.8, 4) is 0 Å². The van der Waals surface area contributed by atoms with Gasteiger partial charge < -0.3 is 10.0 Å². The quantitative estimate of drug-likeness (QED) is 0.806. The van der Waals surface area contributed by atoms with Gasteiger partial charge in [-0.25, -0.2) is 0 Å². The molecule has 0 spiro atoms. The Labute approximate surface area is 113 Å². The third-order valence-corrected chi connectivity index (χ3v) is 4.35. The van der Waals surface area contributed by atoms with Crippen molar-refractivity contribution in [2.24, 2.45) is 5.92 Å². The zero-order valence-electron chi connectivity index (χ0n) is 11.2. The van der Waals surface area contributed by atoms with E-state index < -0.39 is 5.97 Å². The van der Waals surface area contributed by atoms with Gasteiger partial charge in [0.2, 0.25) is 5.91 Å². The predicted molar refractivity (Wildman–Crippen MR) is 73.8 cm³/mol. The van der Waals surface area contributed by atoms with Crippen LogP contribution in [0.15, 0.2) is 0 Å². The first-order chi connectivity index (χ1) is 8.54. The third kappa shape index (κ3) is 4.88. The maximum Gasteiger partial charge on any atom is 0.305 e. The normalized spacial score (nSPS) is 21.7. The Hall–Kier alpha value is -0.710. The van der Waals surface area contributed by atoms with E-state index in [-0.39, 0.29) is 18.4 Å². The van der Waals surface area contributed by atoms with Crippen molar-refractivity contribution in [3.63, 3.8) is 0 Å². The lowest BCUT2D eigenvalue weighted by atomic mass is 10.0. The molecule has 2 atom stereocenters. The van der Waals surface area contributed by atoms with Gasteiger partial charge in [0, 0.05) is 24.5 Å². The monoisotopic (exact) mass is 273 g/mol. The van der Waals surface area contributed by atoms with Gasteiger partial charge in [0.25, 0.3) is 0 Å². The number of carbonyl (C=O) groups is 2. The van der Waals surface area contributed by atoms with Crippen molar-refractivity contribution in [3.05, 3.63) is 0 Å². The number of rotatable bonds is 6. The Bertz CT molecular complexity index is 296. The minimum absolute atomic E-state index is 0.0703. The van der Waals surface area contributed by atoms with Gasteiger partial charge in [0.1, 0.15) is 0 Å². The maximum atomic E-state index is 12.2. The molecule has 1 aliphatic rings. The number of thioether (sulfide) groups is 1. The number of aliphatic carboxylic acids is 1. The third-order valence-electron chi connectivity index (χ3n) is 3.26. The number of amides is 1. The van der Waals surface area contributed by atoms with Crippen LogP contribution in [0.25, 0.3) is 0 Å². The molecule has 1 saturated heterocycles. The van der Waals surface area contributed by atoms with Crippen LogP contribution in [0.1, 0.15) is 39.5 Å². The number of hydrogen-bond acceptors (Lipinski definition) is 3. The predicted octanol–water partition coefficient (Wildman–Crippen LogP) is 2.23. The highest BCUT2D eigenvalue weighted by Gasteiger charge is 2.29. The maximum absolute atomic E-state index is 12.2. The Kier molecular flexibility index (Phi) is 6.54. The minimum atomic E-state index is -0.818. The van der Waals surface area contributed by atoms with Gasteiger partial charge in [0.05, 0.1) is 12.5 Å². The van der Waals surface area contributed by atoms with Crippen molar-refractivity contribution >= 4 is 23.6 Å². The first-order valence-electron chi connectivity index (χ1n) is 6.63. The van der Waals surface area contributed by atoms with Gasteiger partial charge in [-0.2, -0.15) is 11.8 Å². The number of carbonyl (C=O) groups excluding carboxylic acids is 1. The van der Waals surface area contributed by atoms with Gasteiger partial charge in [-0.15, -0.1) is 0 Å². The molecule has 5 heteroatoms. The van der Waals surface area contributed by atoms with E-state index in [0.717, 1.165) is 24.3 Å². The second-order valence-corrected chi connectivity index (χ2v) is 6.16. The van der Waals surface area contributed by atoms with Crippen LogP contribution < -0.4 is 0 Å². The summed E-state index contributed by atoms with van der Waals surface area (Å²) in [7, 11) is 0. The second kappa shape index (κ2) is 7.67. The van der Waals surface area contributed by atoms with E-state index in [9.17, 15) is 9.59 Å². The summed E-state index contributed by atoms with van der Waals surface area (Å²) in [4.78, 5) is 24.8. The van der Waals surface area contributed by atoms with E-state index >= 15 is 0 Å². The highest BCUT2D eigenvalue weighted by atomic mass is 32.2. The van der Waals surface area contributed by atoms with Gasteiger partial charge in [0.15, 0.2) is 0 Å². The average molecular weight is 273 g/mol. The number of nitrogens with zero attached hydrogens (tertiary/aromatic N) is 1. The molecule has 0 aromatic carbocycles. The van der Waals surface area contributed by atoms with E-state index in [2.05, 4.69) is 13.8 Å². The van der Waals surface area contributed by atoms with Gasteiger partial charge >= 0.3 is 5.97 Å². The van der Waals surface area contributed by atoms with Crippen LogP contribution in [-0.4, -0.2) is 46.0 Å². The van der Waals surface area contributed by atoms with Crippen molar-refractivity contribution in [1.82, 2.24) is 4.90 Å². The Balaban J connectivity index is 2.54. The molecular formula is C13H23NO3S. The molecule has 0 aromatic rings. The standard InChI is InChI=1S/C13H23NO3S/c1-3-4-10(2)7-12(15)14-5-6-18-9-11(14)8-13(16)17/h10-11H,3-9H2,1-2H3,(H,16,17). The zero-order chi connectivity index (χ0) is 13.5. The molecule has 1 aliphatic heterocycles. The molecule has 0 aromatic heterocycles. The zero-order valence-corrected chi connectivity index (χ0v) is 12.0. The number of hydrogen-bond donors (Lipinski definition) is 1. The lowest BCUT2D eigenvalue weighted by Gasteiger charge is -2.35. The molecular weight excluding hydrogens is 250 g/mol. The molecule has 0 saturated carbocycles. The molecule has 1 rings (SSSR count).